The maximum absolute atomic E-state index is 10.4. The number of nitrogens with zero attached hydrogens (tertiary/aromatic N) is 2. The largest absolute Gasteiger partial charge is 0.495 e. The van der Waals surface area contributed by atoms with Crippen LogP contribution in [0, 0.1) is 0 Å². The van der Waals surface area contributed by atoms with E-state index in [9.17, 15) is 5.11 Å². The molecular formula is C19H23ClN2O2. The number of hydrogen-bond acceptors (Lipinski definition) is 4. The lowest BCUT2D eigenvalue weighted by molar-refractivity contribution is 0.109. The lowest BCUT2D eigenvalue weighted by Crippen LogP contribution is -2.47. The van der Waals surface area contributed by atoms with Crippen LogP contribution in [0.25, 0.3) is 0 Å². The van der Waals surface area contributed by atoms with E-state index in [0.717, 1.165) is 43.2 Å². The average Bonchev–Trinajstić information content (AvgIpc) is 2.63. The molecule has 0 saturated carbocycles. The molecule has 0 amide bonds. The zero-order valence-electron chi connectivity index (χ0n) is 13.9. The standard InChI is InChI=1S/C19H23ClN2O2/c1-24-19-5-3-2-4-17(19)22-12-10-21(11-13-22)14-18(23)15-6-8-16(20)9-7-15/h2-9,18,23H,10-14H2,1H3. The Morgan fingerprint density at radius 1 is 1.04 bits per heavy atom. The van der Waals surface area contributed by atoms with E-state index in [-0.39, 0.29) is 0 Å². The van der Waals surface area contributed by atoms with Crippen molar-refractivity contribution in [2.75, 3.05) is 44.7 Å². The predicted molar refractivity (Wildman–Crippen MR) is 98.1 cm³/mol. The Morgan fingerprint density at radius 2 is 1.71 bits per heavy atom. The van der Waals surface area contributed by atoms with Crippen molar-refractivity contribution in [2.24, 2.45) is 0 Å². The molecular weight excluding hydrogens is 324 g/mol. The summed E-state index contributed by atoms with van der Waals surface area (Å²) < 4.78 is 5.45. The van der Waals surface area contributed by atoms with Gasteiger partial charge in [-0.2, -0.15) is 0 Å². The molecule has 2 aromatic rings. The van der Waals surface area contributed by atoms with E-state index in [1.54, 1.807) is 7.11 Å². The highest BCUT2D eigenvalue weighted by atomic mass is 35.5. The van der Waals surface area contributed by atoms with Crippen molar-refractivity contribution in [1.82, 2.24) is 4.90 Å². The summed E-state index contributed by atoms with van der Waals surface area (Å²) in [5, 5.41) is 11.1. The minimum atomic E-state index is -0.486. The molecule has 2 aromatic carbocycles. The molecule has 5 heteroatoms. The van der Waals surface area contributed by atoms with Gasteiger partial charge in [0.05, 0.1) is 18.9 Å². The Hall–Kier alpha value is -1.75. The van der Waals surface area contributed by atoms with Crippen LogP contribution >= 0.6 is 11.6 Å². The van der Waals surface area contributed by atoms with Crippen LogP contribution in [-0.2, 0) is 0 Å². The number of para-hydroxylation sites is 2. The highest BCUT2D eigenvalue weighted by molar-refractivity contribution is 6.30. The molecule has 1 N–H and O–H groups in total. The van der Waals surface area contributed by atoms with Crippen LogP contribution in [0.3, 0.4) is 0 Å². The highest BCUT2D eigenvalue weighted by Crippen LogP contribution is 2.28. The molecule has 0 bridgehead atoms. The third-order valence-corrected chi connectivity index (χ3v) is 4.74. The van der Waals surface area contributed by atoms with Crippen molar-refractivity contribution >= 4 is 17.3 Å². The predicted octanol–water partition coefficient (Wildman–Crippen LogP) is 3.20. The van der Waals surface area contributed by atoms with Crippen molar-refractivity contribution in [1.29, 1.82) is 0 Å². The van der Waals surface area contributed by atoms with Crippen LogP contribution in [0.5, 0.6) is 5.75 Å². The van der Waals surface area contributed by atoms with Gasteiger partial charge in [-0.3, -0.25) is 4.90 Å². The lowest BCUT2D eigenvalue weighted by atomic mass is 10.1. The number of β-amino-alcohol motifs (C(OH)–C–C–N with tert-alkyl or cyclic N) is 1. The van der Waals surface area contributed by atoms with Gasteiger partial charge in [-0.1, -0.05) is 35.9 Å². The summed E-state index contributed by atoms with van der Waals surface area (Å²) in [5.41, 5.74) is 2.05. The molecule has 0 spiro atoms. The molecule has 1 aliphatic rings. The first-order valence-corrected chi connectivity index (χ1v) is 8.59. The van der Waals surface area contributed by atoms with Crippen molar-refractivity contribution in [3.63, 3.8) is 0 Å². The third-order valence-electron chi connectivity index (χ3n) is 4.48. The van der Waals surface area contributed by atoms with Gasteiger partial charge in [0.25, 0.3) is 0 Å². The van der Waals surface area contributed by atoms with Crippen molar-refractivity contribution in [2.45, 2.75) is 6.10 Å². The number of anilines is 1. The Balaban J connectivity index is 1.56. The first kappa shape index (κ1) is 17.1. The number of methoxy groups -OCH3 is 1. The third kappa shape index (κ3) is 4.01. The molecule has 4 nitrogen and oxygen atoms in total. The molecule has 1 fully saturated rings. The number of aliphatic hydroxyl groups excluding tert-OH is 1. The minimum Gasteiger partial charge on any atom is -0.495 e. The number of rotatable bonds is 5. The van der Waals surface area contributed by atoms with Gasteiger partial charge in [-0.25, -0.2) is 0 Å². The molecule has 1 aliphatic heterocycles. The average molecular weight is 347 g/mol. The van der Waals surface area contributed by atoms with Crippen LogP contribution in [-0.4, -0.2) is 49.8 Å². The molecule has 0 radical (unpaired) electrons. The van der Waals surface area contributed by atoms with Gasteiger partial charge in [0.15, 0.2) is 0 Å². The molecule has 3 rings (SSSR count). The molecule has 1 unspecified atom stereocenters. The summed E-state index contributed by atoms with van der Waals surface area (Å²) in [5.74, 6) is 0.909. The number of benzene rings is 2. The summed E-state index contributed by atoms with van der Waals surface area (Å²) in [6, 6.07) is 15.5. The quantitative estimate of drug-likeness (QED) is 0.902. The smallest absolute Gasteiger partial charge is 0.142 e. The molecule has 24 heavy (non-hydrogen) atoms. The first-order chi connectivity index (χ1) is 11.7. The Labute approximate surface area is 148 Å². The topological polar surface area (TPSA) is 35.9 Å². The van der Waals surface area contributed by atoms with Crippen molar-refractivity contribution in [3.8, 4) is 5.75 Å². The van der Waals surface area contributed by atoms with E-state index < -0.39 is 6.10 Å². The van der Waals surface area contributed by atoms with Gasteiger partial charge in [0.2, 0.25) is 0 Å². The van der Waals surface area contributed by atoms with E-state index in [1.807, 2.05) is 42.5 Å². The van der Waals surface area contributed by atoms with E-state index in [0.29, 0.717) is 11.6 Å². The fourth-order valence-electron chi connectivity index (χ4n) is 3.10. The van der Waals surface area contributed by atoms with E-state index in [2.05, 4.69) is 15.9 Å². The van der Waals surface area contributed by atoms with Crippen LogP contribution in [0.15, 0.2) is 48.5 Å². The highest BCUT2D eigenvalue weighted by Gasteiger charge is 2.21. The second-order valence-corrected chi connectivity index (χ2v) is 6.46. The number of piperazine rings is 1. The Bertz CT molecular complexity index is 655. The Morgan fingerprint density at radius 3 is 2.38 bits per heavy atom. The van der Waals surface area contributed by atoms with E-state index in [4.69, 9.17) is 16.3 Å². The Kier molecular flexibility index (Phi) is 5.61. The van der Waals surface area contributed by atoms with Gasteiger partial charge in [0, 0.05) is 37.7 Å². The normalized spacial score (nSPS) is 16.9. The SMILES string of the molecule is COc1ccccc1N1CCN(CC(O)c2ccc(Cl)cc2)CC1. The number of halogens is 1. The van der Waals surface area contributed by atoms with Crippen LogP contribution in [0.2, 0.25) is 5.02 Å². The second-order valence-electron chi connectivity index (χ2n) is 6.03. The molecule has 128 valence electrons. The minimum absolute atomic E-state index is 0.486. The molecule has 1 heterocycles. The van der Waals surface area contributed by atoms with E-state index >= 15 is 0 Å². The lowest BCUT2D eigenvalue weighted by Gasteiger charge is -2.37. The maximum Gasteiger partial charge on any atom is 0.142 e. The fraction of sp³-hybridized carbons (Fsp3) is 0.368. The first-order valence-electron chi connectivity index (χ1n) is 8.21. The second kappa shape index (κ2) is 7.88. The van der Waals surface area contributed by atoms with Crippen molar-refractivity contribution < 1.29 is 9.84 Å². The van der Waals surface area contributed by atoms with Gasteiger partial charge < -0.3 is 14.7 Å². The van der Waals surface area contributed by atoms with Gasteiger partial charge in [-0.05, 0) is 29.8 Å². The van der Waals surface area contributed by atoms with Crippen molar-refractivity contribution in [3.05, 3.63) is 59.1 Å². The summed E-state index contributed by atoms with van der Waals surface area (Å²) in [6.45, 7) is 4.33. The number of hydrogen-bond donors (Lipinski definition) is 1. The van der Waals surface area contributed by atoms with Gasteiger partial charge in [-0.15, -0.1) is 0 Å². The zero-order chi connectivity index (χ0) is 16.9. The molecule has 1 saturated heterocycles. The fourth-order valence-corrected chi connectivity index (χ4v) is 3.22. The van der Waals surface area contributed by atoms with Gasteiger partial charge in [0.1, 0.15) is 5.75 Å². The van der Waals surface area contributed by atoms with Gasteiger partial charge >= 0.3 is 0 Å². The molecule has 0 aromatic heterocycles. The molecule has 0 aliphatic carbocycles. The van der Waals surface area contributed by atoms with E-state index in [1.165, 1.54) is 0 Å². The van der Waals surface area contributed by atoms with Crippen LogP contribution in [0.1, 0.15) is 11.7 Å². The van der Waals surface area contributed by atoms with Crippen LogP contribution in [0.4, 0.5) is 5.69 Å². The zero-order valence-corrected chi connectivity index (χ0v) is 14.6. The summed E-state index contributed by atoms with van der Waals surface area (Å²) in [7, 11) is 1.71. The number of aliphatic hydroxyl groups is 1. The van der Waals surface area contributed by atoms with Crippen LogP contribution < -0.4 is 9.64 Å². The summed E-state index contributed by atoms with van der Waals surface area (Å²) in [4.78, 5) is 4.63. The maximum atomic E-state index is 10.4. The number of ether oxygens (including phenoxy) is 1. The summed E-state index contributed by atoms with van der Waals surface area (Å²) in [6.07, 6.45) is -0.486. The molecule has 1 atom stereocenters. The summed E-state index contributed by atoms with van der Waals surface area (Å²) >= 11 is 5.90. The monoisotopic (exact) mass is 346 g/mol.